The second-order valence-corrected chi connectivity index (χ2v) is 9.61. The van der Waals surface area contributed by atoms with Gasteiger partial charge in [-0.3, -0.25) is 9.59 Å². The van der Waals surface area contributed by atoms with Gasteiger partial charge in [-0.05, 0) is 67.4 Å². The molecule has 1 aromatic carbocycles. The number of nitrogens with zero attached hydrogens (tertiary/aromatic N) is 2. The summed E-state index contributed by atoms with van der Waals surface area (Å²) in [5, 5.41) is 3.78. The summed E-state index contributed by atoms with van der Waals surface area (Å²) in [7, 11) is 2.15. The third-order valence-corrected chi connectivity index (χ3v) is 7.79. The van der Waals surface area contributed by atoms with Crippen molar-refractivity contribution in [3.63, 3.8) is 0 Å². The normalized spacial score (nSPS) is 25.0. The van der Waals surface area contributed by atoms with E-state index < -0.39 is 12.1 Å². The molecule has 0 spiro atoms. The summed E-state index contributed by atoms with van der Waals surface area (Å²) in [4.78, 5) is 30.8. The highest BCUT2D eigenvalue weighted by atomic mass is 32.2. The fourth-order valence-electron chi connectivity index (χ4n) is 4.20. The molecular weight excluding hydrogens is 404 g/mol. The van der Waals surface area contributed by atoms with Crippen molar-refractivity contribution in [1.82, 2.24) is 4.90 Å². The summed E-state index contributed by atoms with van der Waals surface area (Å²) in [5.74, 6) is -0.555. The minimum absolute atomic E-state index is 0.130. The van der Waals surface area contributed by atoms with Crippen LogP contribution < -0.4 is 4.90 Å². The number of likely N-dealkylation sites (tertiary alicyclic amines) is 1. The van der Waals surface area contributed by atoms with E-state index in [-0.39, 0.29) is 11.2 Å². The summed E-state index contributed by atoms with van der Waals surface area (Å²) < 4.78 is 5.62. The Morgan fingerprint density at radius 1 is 1.28 bits per heavy atom. The van der Waals surface area contributed by atoms with Gasteiger partial charge >= 0.3 is 5.97 Å². The van der Waals surface area contributed by atoms with Crippen molar-refractivity contribution < 1.29 is 14.3 Å². The second-order valence-electron chi connectivity index (χ2n) is 7.65. The second kappa shape index (κ2) is 8.90. The first-order valence-corrected chi connectivity index (χ1v) is 11.8. The standard InChI is InChI=1S/C22H26N2O3S2/c1-15(25)27-20-21(16-10-13-28-14-16)29-19-8-4-3-7-18(19)24(22(20)26)12-9-17-6-5-11-23(17)2/h3-4,7-8,10,13-14,17,20-21H,5-6,9,11-12H2,1-2H3/t17?,20-,21+/m1/s1. The third-order valence-electron chi connectivity index (χ3n) is 5.72. The predicted octanol–water partition coefficient (Wildman–Crippen LogP) is 4.34. The van der Waals surface area contributed by atoms with Crippen LogP contribution in [-0.4, -0.2) is 49.1 Å². The smallest absolute Gasteiger partial charge is 0.303 e. The monoisotopic (exact) mass is 430 g/mol. The maximum absolute atomic E-state index is 13.7. The lowest BCUT2D eigenvalue weighted by atomic mass is 10.1. The summed E-state index contributed by atoms with van der Waals surface area (Å²) in [6.45, 7) is 3.11. The Bertz CT molecular complexity index is 871. The van der Waals surface area contributed by atoms with Crippen molar-refractivity contribution in [2.24, 2.45) is 0 Å². The van der Waals surface area contributed by atoms with Crippen LogP contribution in [0.4, 0.5) is 5.69 Å². The molecule has 7 heteroatoms. The molecule has 3 heterocycles. The van der Waals surface area contributed by atoms with Crippen molar-refractivity contribution in [2.75, 3.05) is 25.0 Å². The molecule has 29 heavy (non-hydrogen) atoms. The van der Waals surface area contributed by atoms with E-state index >= 15 is 0 Å². The van der Waals surface area contributed by atoms with E-state index in [0.717, 1.165) is 29.1 Å². The van der Waals surface area contributed by atoms with Gasteiger partial charge in [-0.2, -0.15) is 11.3 Å². The number of para-hydroxylation sites is 1. The van der Waals surface area contributed by atoms with E-state index in [9.17, 15) is 9.59 Å². The van der Waals surface area contributed by atoms with Crippen LogP contribution in [-0.2, 0) is 14.3 Å². The molecule has 154 valence electrons. The van der Waals surface area contributed by atoms with Crippen molar-refractivity contribution in [1.29, 1.82) is 0 Å². The van der Waals surface area contributed by atoms with Gasteiger partial charge < -0.3 is 14.5 Å². The molecule has 2 aromatic rings. The van der Waals surface area contributed by atoms with E-state index in [4.69, 9.17) is 4.74 Å². The number of amides is 1. The Morgan fingerprint density at radius 2 is 2.10 bits per heavy atom. The molecule has 3 atom stereocenters. The third kappa shape index (κ3) is 4.37. The molecule has 1 saturated heterocycles. The Labute approximate surface area is 180 Å². The zero-order valence-corrected chi connectivity index (χ0v) is 18.4. The van der Waals surface area contributed by atoms with Gasteiger partial charge in [-0.15, -0.1) is 11.8 Å². The number of thiophene rings is 1. The molecule has 0 bridgehead atoms. The van der Waals surface area contributed by atoms with Crippen molar-refractivity contribution >= 4 is 40.7 Å². The zero-order chi connectivity index (χ0) is 20.4. The maximum atomic E-state index is 13.7. The van der Waals surface area contributed by atoms with E-state index in [0.29, 0.717) is 12.6 Å². The number of anilines is 1. The maximum Gasteiger partial charge on any atom is 0.303 e. The summed E-state index contributed by atoms with van der Waals surface area (Å²) in [6.07, 6.45) is 2.45. The lowest BCUT2D eigenvalue weighted by Gasteiger charge is -2.29. The minimum atomic E-state index is -0.833. The molecule has 4 rings (SSSR count). The molecule has 1 aromatic heterocycles. The average Bonchev–Trinajstić information content (AvgIpc) is 3.35. The number of benzene rings is 1. The van der Waals surface area contributed by atoms with Crippen LogP contribution >= 0.6 is 23.1 Å². The van der Waals surface area contributed by atoms with Crippen molar-refractivity contribution in [3.05, 3.63) is 46.7 Å². The number of fused-ring (bicyclic) bond motifs is 1. The highest BCUT2D eigenvalue weighted by molar-refractivity contribution is 7.99. The SMILES string of the molecule is CC(=O)O[C@H]1C(=O)N(CCC2CCCN2C)c2ccccc2S[C@H]1c1ccsc1. The topological polar surface area (TPSA) is 49.9 Å². The van der Waals surface area contributed by atoms with Crippen molar-refractivity contribution in [3.8, 4) is 0 Å². The van der Waals surface area contributed by atoms with Crippen LogP contribution in [0.1, 0.15) is 37.0 Å². The van der Waals surface area contributed by atoms with Gasteiger partial charge in [-0.25, -0.2) is 0 Å². The lowest BCUT2D eigenvalue weighted by Crippen LogP contribution is -2.44. The summed E-state index contributed by atoms with van der Waals surface area (Å²) >= 11 is 3.20. The van der Waals surface area contributed by atoms with Crippen LogP contribution in [0.3, 0.4) is 0 Å². The Kier molecular flexibility index (Phi) is 6.27. The highest BCUT2D eigenvalue weighted by Gasteiger charge is 2.41. The van der Waals surface area contributed by atoms with Crippen LogP contribution in [0.5, 0.6) is 0 Å². The van der Waals surface area contributed by atoms with E-state index in [1.54, 1.807) is 23.1 Å². The van der Waals surface area contributed by atoms with Crippen molar-refractivity contribution in [2.45, 2.75) is 48.5 Å². The number of hydrogen-bond acceptors (Lipinski definition) is 6. The van der Waals surface area contributed by atoms with E-state index in [1.165, 1.54) is 19.8 Å². The molecule has 0 N–H and O–H groups in total. The van der Waals surface area contributed by atoms with E-state index in [1.807, 2.05) is 39.9 Å². The molecule has 0 radical (unpaired) electrons. The van der Waals surface area contributed by atoms with Gasteiger partial charge in [0.25, 0.3) is 5.91 Å². The van der Waals surface area contributed by atoms with Crippen LogP contribution in [0.2, 0.25) is 0 Å². The van der Waals surface area contributed by atoms with Crippen LogP contribution in [0, 0.1) is 0 Å². The quantitative estimate of drug-likeness (QED) is 0.661. The average molecular weight is 431 g/mol. The fraction of sp³-hybridized carbons (Fsp3) is 0.455. The number of carbonyl (C=O) groups excluding carboxylic acids is 2. The fourth-order valence-corrected chi connectivity index (χ4v) is 6.29. The molecule has 2 aliphatic heterocycles. The molecular formula is C22H26N2O3S2. The number of ether oxygens (including phenoxy) is 1. The first-order valence-electron chi connectivity index (χ1n) is 10.0. The van der Waals surface area contributed by atoms with Crippen LogP contribution in [0.15, 0.2) is 46.0 Å². The summed E-state index contributed by atoms with van der Waals surface area (Å²) in [6, 6.07) is 10.5. The zero-order valence-electron chi connectivity index (χ0n) is 16.7. The largest absolute Gasteiger partial charge is 0.451 e. The van der Waals surface area contributed by atoms with Gasteiger partial charge in [0.2, 0.25) is 0 Å². The predicted molar refractivity (Wildman–Crippen MR) is 118 cm³/mol. The van der Waals surface area contributed by atoms with Gasteiger partial charge in [0.1, 0.15) is 0 Å². The molecule has 2 aliphatic rings. The molecule has 0 saturated carbocycles. The van der Waals surface area contributed by atoms with Gasteiger partial charge in [0, 0.05) is 24.4 Å². The highest BCUT2D eigenvalue weighted by Crippen LogP contribution is 2.47. The minimum Gasteiger partial charge on any atom is -0.451 e. The molecule has 0 aliphatic carbocycles. The number of carbonyl (C=O) groups is 2. The lowest BCUT2D eigenvalue weighted by molar-refractivity contribution is -0.152. The number of rotatable bonds is 5. The molecule has 1 amide bonds. The Balaban J connectivity index is 1.68. The number of thioether (sulfide) groups is 1. The first kappa shape index (κ1) is 20.4. The molecule has 5 nitrogen and oxygen atoms in total. The van der Waals surface area contributed by atoms with E-state index in [2.05, 4.69) is 18.0 Å². The van der Waals surface area contributed by atoms with Gasteiger partial charge in [0.15, 0.2) is 6.10 Å². The summed E-state index contributed by atoms with van der Waals surface area (Å²) in [5.41, 5.74) is 1.94. The first-order chi connectivity index (χ1) is 14.0. The number of hydrogen-bond donors (Lipinski definition) is 0. The molecule has 1 fully saturated rings. The van der Waals surface area contributed by atoms with Crippen LogP contribution in [0.25, 0.3) is 0 Å². The Hall–Kier alpha value is -1.83. The van der Waals surface area contributed by atoms with Gasteiger partial charge in [0.05, 0.1) is 10.9 Å². The molecule has 1 unspecified atom stereocenters. The van der Waals surface area contributed by atoms with Gasteiger partial charge in [-0.1, -0.05) is 12.1 Å². The number of esters is 1. The Morgan fingerprint density at radius 3 is 2.79 bits per heavy atom.